The molecule has 2 heterocycles. The number of hydrogen-bond acceptors (Lipinski definition) is 4. The van der Waals surface area contributed by atoms with E-state index in [9.17, 15) is 4.79 Å². The number of rotatable bonds is 5. The number of methoxy groups -OCH3 is 2. The maximum absolute atomic E-state index is 13.4. The van der Waals surface area contributed by atoms with Crippen LogP contribution in [0.1, 0.15) is 41.7 Å². The molecule has 1 amide bonds. The van der Waals surface area contributed by atoms with Crippen LogP contribution in [0.5, 0.6) is 11.5 Å². The molecule has 1 N–H and O–H groups in total. The molecular weight excluding hydrogens is 386 g/mol. The van der Waals surface area contributed by atoms with Gasteiger partial charge in [-0.15, -0.1) is 0 Å². The number of hydrogen-bond donors (Lipinski definition) is 1. The van der Waals surface area contributed by atoms with E-state index in [0.717, 1.165) is 47.5 Å². The molecule has 1 aromatic heterocycles. The summed E-state index contributed by atoms with van der Waals surface area (Å²) >= 11 is 5.39. The second kappa shape index (κ2) is 7.91. The molecule has 1 saturated heterocycles. The fraction of sp³-hybridized carbons (Fsp3) is 0.364. The predicted molar refractivity (Wildman–Crippen MR) is 115 cm³/mol. The van der Waals surface area contributed by atoms with Crippen LogP contribution in [0.25, 0.3) is 11.0 Å². The van der Waals surface area contributed by atoms with E-state index in [2.05, 4.69) is 11.9 Å². The third kappa shape index (κ3) is 3.40. The van der Waals surface area contributed by atoms with Crippen molar-refractivity contribution in [3.8, 4) is 11.5 Å². The van der Waals surface area contributed by atoms with E-state index in [-0.39, 0.29) is 11.9 Å². The highest BCUT2D eigenvalue weighted by atomic mass is 32.1. The number of aromatic nitrogens is 2. The minimum Gasteiger partial charge on any atom is -0.497 e. The molecule has 2 aromatic carbocycles. The summed E-state index contributed by atoms with van der Waals surface area (Å²) in [6, 6.07) is 11.5. The number of H-pyrrole nitrogens is 1. The van der Waals surface area contributed by atoms with Crippen molar-refractivity contribution in [1.29, 1.82) is 0 Å². The van der Waals surface area contributed by atoms with Crippen LogP contribution in [0.2, 0.25) is 0 Å². The van der Waals surface area contributed by atoms with Crippen molar-refractivity contribution in [3.05, 3.63) is 52.3 Å². The Balaban J connectivity index is 1.70. The van der Waals surface area contributed by atoms with Gasteiger partial charge in [0.1, 0.15) is 11.5 Å². The number of fused-ring (bicyclic) bond motifs is 1. The Labute approximate surface area is 175 Å². The van der Waals surface area contributed by atoms with Gasteiger partial charge >= 0.3 is 0 Å². The topological polar surface area (TPSA) is 59.5 Å². The van der Waals surface area contributed by atoms with Crippen LogP contribution in [0.15, 0.2) is 36.4 Å². The van der Waals surface area contributed by atoms with Crippen molar-refractivity contribution < 1.29 is 14.3 Å². The summed E-state index contributed by atoms with van der Waals surface area (Å²) < 4.78 is 13.7. The van der Waals surface area contributed by atoms with Gasteiger partial charge in [0.2, 0.25) is 0 Å². The summed E-state index contributed by atoms with van der Waals surface area (Å²) in [7, 11) is 3.30. The lowest BCUT2D eigenvalue weighted by Crippen LogP contribution is -2.30. The summed E-state index contributed by atoms with van der Waals surface area (Å²) in [4.78, 5) is 18.5. The van der Waals surface area contributed by atoms with Crippen LogP contribution in [-0.2, 0) is 6.54 Å². The van der Waals surface area contributed by atoms with E-state index in [0.29, 0.717) is 16.9 Å². The number of amides is 1. The van der Waals surface area contributed by atoms with Crippen LogP contribution in [0.3, 0.4) is 0 Å². The van der Waals surface area contributed by atoms with Crippen molar-refractivity contribution in [2.75, 3.05) is 20.8 Å². The molecule has 1 aliphatic rings. The minimum absolute atomic E-state index is 0.0165. The molecule has 1 aliphatic heterocycles. The van der Waals surface area contributed by atoms with Crippen LogP contribution in [0.4, 0.5) is 0 Å². The number of aryl methyl sites for hydroxylation is 1. The number of carbonyl (C=O) groups excluding carboxylic acids is 1. The maximum Gasteiger partial charge on any atom is 0.254 e. The van der Waals surface area contributed by atoms with Gasteiger partial charge in [-0.05, 0) is 68.4 Å². The van der Waals surface area contributed by atoms with Gasteiger partial charge in [0.15, 0.2) is 4.77 Å². The first-order valence-corrected chi connectivity index (χ1v) is 10.2. The number of likely N-dealkylation sites (tertiary alicyclic amines) is 1. The Bertz CT molecular complexity index is 1120. The highest BCUT2D eigenvalue weighted by Gasteiger charge is 2.33. The molecule has 0 saturated carbocycles. The second-order valence-corrected chi connectivity index (χ2v) is 7.56. The lowest BCUT2D eigenvalue weighted by Gasteiger charge is -2.27. The van der Waals surface area contributed by atoms with Gasteiger partial charge in [-0.25, -0.2) is 0 Å². The van der Waals surface area contributed by atoms with Crippen molar-refractivity contribution in [2.45, 2.75) is 32.4 Å². The molecule has 7 heteroatoms. The molecule has 4 rings (SSSR count). The van der Waals surface area contributed by atoms with E-state index in [1.165, 1.54) is 0 Å². The Hall–Kier alpha value is -2.80. The van der Waals surface area contributed by atoms with Gasteiger partial charge < -0.3 is 23.9 Å². The first-order valence-electron chi connectivity index (χ1n) is 9.82. The lowest BCUT2D eigenvalue weighted by atomic mass is 10.0. The van der Waals surface area contributed by atoms with Crippen LogP contribution in [-0.4, -0.2) is 41.1 Å². The van der Waals surface area contributed by atoms with E-state index >= 15 is 0 Å². The average molecular weight is 412 g/mol. The van der Waals surface area contributed by atoms with E-state index in [4.69, 9.17) is 21.7 Å². The lowest BCUT2D eigenvalue weighted by molar-refractivity contribution is 0.0734. The van der Waals surface area contributed by atoms with Crippen molar-refractivity contribution in [3.63, 3.8) is 0 Å². The Kier molecular flexibility index (Phi) is 5.32. The number of carbonyl (C=O) groups is 1. The summed E-state index contributed by atoms with van der Waals surface area (Å²) in [5.74, 6) is 1.55. The monoisotopic (exact) mass is 411 g/mol. The summed E-state index contributed by atoms with van der Waals surface area (Å²) in [6.45, 7) is 3.56. The van der Waals surface area contributed by atoms with Gasteiger partial charge in [0.25, 0.3) is 5.91 Å². The van der Waals surface area contributed by atoms with Gasteiger partial charge in [0.05, 0.1) is 31.3 Å². The third-order valence-electron chi connectivity index (χ3n) is 5.65. The maximum atomic E-state index is 13.4. The Morgan fingerprint density at radius 3 is 2.76 bits per heavy atom. The zero-order valence-corrected chi connectivity index (χ0v) is 17.7. The van der Waals surface area contributed by atoms with Crippen LogP contribution >= 0.6 is 12.2 Å². The number of nitrogens with zero attached hydrogens (tertiary/aromatic N) is 2. The fourth-order valence-corrected chi connectivity index (χ4v) is 4.55. The summed E-state index contributed by atoms with van der Waals surface area (Å²) in [5.41, 5.74) is 3.54. The largest absolute Gasteiger partial charge is 0.497 e. The summed E-state index contributed by atoms with van der Waals surface area (Å²) in [6.07, 6.45) is 1.85. The number of ether oxygens (including phenoxy) is 2. The first-order chi connectivity index (χ1) is 14.1. The minimum atomic E-state index is -0.0398. The van der Waals surface area contributed by atoms with Gasteiger partial charge in [-0.2, -0.15) is 0 Å². The SMILES string of the molecule is CCn1c(=S)[nH]c2cc(C(=O)N3CCCC3c3cc(OC)ccc3OC)ccc21. The molecular formula is C22H25N3O3S. The quantitative estimate of drug-likeness (QED) is 0.618. The fourth-order valence-electron chi connectivity index (χ4n) is 4.21. The van der Waals surface area contributed by atoms with E-state index in [1.807, 2.05) is 45.9 Å². The smallest absolute Gasteiger partial charge is 0.254 e. The van der Waals surface area contributed by atoms with Crippen molar-refractivity contribution >= 4 is 29.2 Å². The second-order valence-electron chi connectivity index (χ2n) is 7.17. The van der Waals surface area contributed by atoms with Crippen molar-refractivity contribution in [2.24, 2.45) is 0 Å². The zero-order chi connectivity index (χ0) is 20.5. The molecule has 0 spiro atoms. The normalized spacial score (nSPS) is 16.4. The third-order valence-corrected chi connectivity index (χ3v) is 5.97. The standard InChI is InChI=1S/C22H25N3O3S/c1-4-24-19-9-7-14(12-17(19)23-22(24)29)21(26)25-11-5-6-18(25)16-13-15(27-2)8-10-20(16)28-3/h7-10,12-13,18H,4-6,11H2,1-3H3,(H,23,29). The number of aromatic amines is 1. The van der Waals surface area contributed by atoms with Gasteiger partial charge in [-0.1, -0.05) is 0 Å². The Morgan fingerprint density at radius 2 is 2.03 bits per heavy atom. The molecule has 3 aromatic rings. The molecule has 0 bridgehead atoms. The highest BCUT2D eigenvalue weighted by Crippen LogP contribution is 2.39. The molecule has 1 atom stereocenters. The molecule has 0 aliphatic carbocycles. The van der Waals surface area contributed by atoms with Crippen molar-refractivity contribution in [1.82, 2.24) is 14.5 Å². The molecule has 1 unspecified atom stereocenters. The summed E-state index contributed by atoms with van der Waals surface area (Å²) in [5, 5.41) is 0. The van der Waals surface area contributed by atoms with Gasteiger partial charge in [-0.3, -0.25) is 4.79 Å². The molecule has 6 nitrogen and oxygen atoms in total. The predicted octanol–water partition coefficient (Wildman–Crippen LogP) is 4.71. The van der Waals surface area contributed by atoms with Crippen LogP contribution in [0, 0.1) is 4.77 Å². The average Bonchev–Trinajstić information content (AvgIpc) is 3.35. The number of imidazole rings is 1. The van der Waals surface area contributed by atoms with E-state index in [1.54, 1.807) is 14.2 Å². The molecule has 29 heavy (non-hydrogen) atoms. The van der Waals surface area contributed by atoms with E-state index < -0.39 is 0 Å². The highest BCUT2D eigenvalue weighted by molar-refractivity contribution is 7.71. The zero-order valence-electron chi connectivity index (χ0n) is 16.9. The van der Waals surface area contributed by atoms with Gasteiger partial charge in [0, 0.05) is 24.2 Å². The number of nitrogens with one attached hydrogen (secondary N) is 1. The number of benzene rings is 2. The Morgan fingerprint density at radius 1 is 1.21 bits per heavy atom. The molecule has 0 radical (unpaired) electrons. The molecule has 1 fully saturated rings. The van der Waals surface area contributed by atoms with Crippen LogP contribution < -0.4 is 9.47 Å². The first kappa shape index (κ1) is 19.5. The molecule has 152 valence electrons.